The molecule has 72 valence electrons. The first-order valence-electron chi connectivity index (χ1n) is 3.58. The van der Waals surface area contributed by atoms with E-state index >= 15 is 0 Å². The van der Waals surface area contributed by atoms with Crippen molar-refractivity contribution in [2.24, 2.45) is 5.90 Å². The minimum absolute atomic E-state index is 0.101. The molecule has 1 aromatic carbocycles. The van der Waals surface area contributed by atoms with Crippen LogP contribution in [0.1, 0.15) is 5.56 Å². The lowest BCUT2D eigenvalue weighted by molar-refractivity contribution is -0.0499. The number of nitrogens with two attached hydrogens (primary N) is 1. The Hall–Kier alpha value is -1.20. The first-order valence-corrected chi connectivity index (χ1v) is 3.58. The van der Waals surface area contributed by atoms with E-state index in [-0.39, 0.29) is 12.4 Å². The Balaban J connectivity index is 2.67. The molecular formula is C8H9F2NO2. The quantitative estimate of drug-likeness (QED) is 0.733. The van der Waals surface area contributed by atoms with Crippen molar-refractivity contribution < 1.29 is 18.4 Å². The first kappa shape index (κ1) is 9.88. The van der Waals surface area contributed by atoms with Crippen LogP contribution in [0, 0.1) is 0 Å². The molecule has 0 unspecified atom stereocenters. The highest BCUT2D eigenvalue weighted by atomic mass is 19.3. The van der Waals surface area contributed by atoms with Gasteiger partial charge < -0.3 is 4.74 Å². The van der Waals surface area contributed by atoms with E-state index in [0.717, 1.165) is 0 Å². The largest absolute Gasteiger partial charge is 0.435 e. The molecule has 1 rings (SSSR count). The molecule has 0 spiro atoms. The van der Waals surface area contributed by atoms with Crippen LogP contribution in [0.25, 0.3) is 0 Å². The molecule has 0 aromatic heterocycles. The van der Waals surface area contributed by atoms with Gasteiger partial charge in [-0.1, -0.05) is 12.1 Å². The Kier molecular flexibility index (Phi) is 3.60. The summed E-state index contributed by atoms with van der Waals surface area (Å²) >= 11 is 0. The molecule has 0 radical (unpaired) electrons. The molecule has 0 saturated heterocycles. The van der Waals surface area contributed by atoms with E-state index in [0.29, 0.717) is 5.56 Å². The Bertz CT molecular complexity index is 268. The van der Waals surface area contributed by atoms with Gasteiger partial charge in [-0.05, 0) is 17.7 Å². The zero-order valence-corrected chi connectivity index (χ0v) is 6.74. The number of ether oxygens (including phenoxy) is 1. The van der Waals surface area contributed by atoms with Crippen molar-refractivity contribution in [2.75, 3.05) is 0 Å². The summed E-state index contributed by atoms with van der Waals surface area (Å²) in [6, 6.07) is 6.17. The molecule has 0 atom stereocenters. The lowest BCUT2D eigenvalue weighted by Gasteiger charge is -2.05. The van der Waals surface area contributed by atoms with Gasteiger partial charge in [-0.25, -0.2) is 5.90 Å². The summed E-state index contributed by atoms with van der Waals surface area (Å²) in [6.07, 6.45) is 0. The Labute approximate surface area is 74.0 Å². The molecule has 2 N–H and O–H groups in total. The highest BCUT2D eigenvalue weighted by molar-refractivity contribution is 5.27. The highest BCUT2D eigenvalue weighted by Crippen LogP contribution is 2.15. The number of alkyl halides is 2. The molecule has 1 aromatic rings. The van der Waals surface area contributed by atoms with Gasteiger partial charge in [0.05, 0.1) is 6.61 Å². The van der Waals surface area contributed by atoms with Gasteiger partial charge in [-0.2, -0.15) is 8.78 Å². The maximum Gasteiger partial charge on any atom is 0.387 e. The fourth-order valence-electron chi connectivity index (χ4n) is 0.908. The predicted molar refractivity (Wildman–Crippen MR) is 42.1 cm³/mol. The van der Waals surface area contributed by atoms with E-state index in [4.69, 9.17) is 5.90 Å². The maximum atomic E-state index is 11.8. The third kappa shape index (κ3) is 3.35. The predicted octanol–water partition coefficient (Wildman–Crippen LogP) is 1.68. The van der Waals surface area contributed by atoms with Crippen LogP contribution in [0.5, 0.6) is 5.75 Å². The summed E-state index contributed by atoms with van der Waals surface area (Å²) in [5.41, 5.74) is 0.681. The van der Waals surface area contributed by atoms with Gasteiger partial charge >= 0.3 is 6.61 Å². The molecule has 0 heterocycles. The van der Waals surface area contributed by atoms with Gasteiger partial charge in [0.1, 0.15) is 5.75 Å². The number of hydrogen-bond donors (Lipinski definition) is 1. The molecule has 3 nitrogen and oxygen atoms in total. The standard InChI is InChI=1S/C8H9F2NO2/c9-8(10)13-7-3-1-2-6(4-7)5-12-11/h1-4,8H,5,11H2. The van der Waals surface area contributed by atoms with Crippen LogP contribution in [-0.4, -0.2) is 6.61 Å². The summed E-state index contributed by atoms with van der Waals surface area (Å²) in [4.78, 5) is 4.34. The monoisotopic (exact) mass is 189 g/mol. The van der Waals surface area contributed by atoms with E-state index in [9.17, 15) is 8.78 Å². The normalized spacial score (nSPS) is 10.5. The number of hydrogen-bond acceptors (Lipinski definition) is 3. The fourth-order valence-corrected chi connectivity index (χ4v) is 0.908. The molecule has 0 amide bonds. The summed E-state index contributed by atoms with van der Waals surface area (Å²) in [5.74, 6) is 4.92. The van der Waals surface area contributed by atoms with E-state index < -0.39 is 6.61 Å². The minimum Gasteiger partial charge on any atom is -0.435 e. The van der Waals surface area contributed by atoms with Crippen LogP contribution >= 0.6 is 0 Å². The van der Waals surface area contributed by atoms with Crippen molar-refractivity contribution in [1.82, 2.24) is 0 Å². The molecule has 0 aliphatic carbocycles. The second-order valence-electron chi connectivity index (χ2n) is 2.34. The third-order valence-corrected chi connectivity index (χ3v) is 1.37. The van der Waals surface area contributed by atoms with Crippen molar-refractivity contribution in [1.29, 1.82) is 0 Å². The average Bonchev–Trinajstić information content (AvgIpc) is 2.04. The topological polar surface area (TPSA) is 44.5 Å². The minimum atomic E-state index is -2.81. The Morgan fingerprint density at radius 2 is 2.15 bits per heavy atom. The van der Waals surface area contributed by atoms with E-state index in [1.165, 1.54) is 12.1 Å². The Morgan fingerprint density at radius 1 is 1.38 bits per heavy atom. The SMILES string of the molecule is NOCc1cccc(OC(F)F)c1. The van der Waals surface area contributed by atoms with Crippen molar-refractivity contribution in [3.05, 3.63) is 29.8 Å². The van der Waals surface area contributed by atoms with Gasteiger partial charge in [-0.3, -0.25) is 4.84 Å². The third-order valence-electron chi connectivity index (χ3n) is 1.37. The van der Waals surface area contributed by atoms with Crippen LogP contribution in [0.15, 0.2) is 24.3 Å². The summed E-state index contributed by atoms with van der Waals surface area (Å²) in [7, 11) is 0. The molecular weight excluding hydrogens is 180 g/mol. The zero-order valence-electron chi connectivity index (χ0n) is 6.74. The second-order valence-corrected chi connectivity index (χ2v) is 2.34. The van der Waals surface area contributed by atoms with E-state index in [1.807, 2.05) is 0 Å². The second kappa shape index (κ2) is 4.74. The van der Waals surface area contributed by atoms with Crippen molar-refractivity contribution in [3.63, 3.8) is 0 Å². The summed E-state index contributed by atoms with van der Waals surface area (Å²) in [5, 5.41) is 0. The van der Waals surface area contributed by atoms with Crippen LogP contribution in [0.2, 0.25) is 0 Å². The molecule has 13 heavy (non-hydrogen) atoms. The summed E-state index contributed by atoms with van der Waals surface area (Å²) < 4.78 is 27.7. The smallest absolute Gasteiger partial charge is 0.387 e. The van der Waals surface area contributed by atoms with Crippen molar-refractivity contribution in [2.45, 2.75) is 13.2 Å². The highest BCUT2D eigenvalue weighted by Gasteiger charge is 2.03. The van der Waals surface area contributed by atoms with Gasteiger partial charge in [0.2, 0.25) is 0 Å². The summed E-state index contributed by atoms with van der Waals surface area (Å²) in [6.45, 7) is -2.64. The van der Waals surface area contributed by atoms with Crippen LogP contribution in [0.3, 0.4) is 0 Å². The van der Waals surface area contributed by atoms with Gasteiger partial charge in [0.25, 0.3) is 0 Å². The van der Waals surface area contributed by atoms with E-state index in [2.05, 4.69) is 9.57 Å². The molecule has 0 aliphatic heterocycles. The molecule has 0 aliphatic rings. The van der Waals surface area contributed by atoms with Gasteiger partial charge in [0, 0.05) is 0 Å². The molecule has 5 heteroatoms. The van der Waals surface area contributed by atoms with Crippen LogP contribution in [0.4, 0.5) is 8.78 Å². The lowest BCUT2D eigenvalue weighted by atomic mass is 10.2. The van der Waals surface area contributed by atoms with Crippen LogP contribution < -0.4 is 10.6 Å². The number of halogens is 2. The van der Waals surface area contributed by atoms with Crippen molar-refractivity contribution >= 4 is 0 Å². The first-order chi connectivity index (χ1) is 6.22. The molecule has 0 fully saturated rings. The number of benzene rings is 1. The molecule has 0 bridgehead atoms. The van der Waals surface area contributed by atoms with Crippen LogP contribution in [-0.2, 0) is 11.4 Å². The molecule has 0 saturated carbocycles. The fraction of sp³-hybridized carbons (Fsp3) is 0.250. The average molecular weight is 189 g/mol. The Morgan fingerprint density at radius 3 is 2.77 bits per heavy atom. The van der Waals surface area contributed by atoms with Gasteiger partial charge in [0.15, 0.2) is 0 Å². The van der Waals surface area contributed by atoms with Crippen molar-refractivity contribution in [3.8, 4) is 5.75 Å². The van der Waals surface area contributed by atoms with Gasteiger partial charge in [-0.15, -0.1) is 0 Å². The maximum absolute atomic E-state index is 11.8. The lowest BCUT2D eigenvalue weighted by Crippen LogP contribution is -2.03. The number of rotatable bonds is 4. The van der Waals surface area contributed by atoms with E-state index in [1.54, 1.807) is 12.1 Å². The zero-order chi connectivity index (χ0) is 9.68.